The molecule has 1 aromatic carbocycles. The summed E-state index contributed by atoms with van der Waals surface area (Å²) in [5.74, 6) is 0.724. The SMILES string of the molecule is CCOC(=O)COC1=CC(C)C(SCC(=O)CCc2ccc(C(F)(F)F)cc2)C=C1C. The number of carbonyl (C=O) groups is 2. The van der Waals surface area contributed by atoms with Gasteiger partial charge in [-0.2, -0.15) is 13.2 Å². The van der Waals surface area contributed by atoms with Crippen LogP contribution in [0.1, 0.15) is 38.3 Å². The van der Waals surface area contributed by atoms with Gasteiger partial charge in [0.15, 0.2) is 6.61 Å². The van der Waals surface area contributed by atoms with Crippen LogP contribution in [-0.4, -0.2) is 36.0 Å². The fourth-order valence-corrected chi connectivity index (χ4v) is 4.26. The van der Waals surface area contributed by atoms with Crippen molar-refractivity contribution in [2.24, 2.45) is 5.92 Å². The van der Waals surface area contributed by atoms with Gasteiger partial charge in [0.05, 0.1) is 17.9 Å². The third-order valence-electron chi connectivity index (χ3n) is 4.80. The van der Waals surface area contributed by atoms with E-state index in [1.165, 1.54) is 23.9 Å². The Balaban J connectivity index is 1.78. The Labute approximate surface area is 184 Å². The average molecular weight is 457 g/mol. The molecule has 1 aliphatic rings. The Kier molecular flexibility index (Phi) is 9.22. The highest BCUT2D eigenvalue weighted by Gasteiger charge is 2.30. The van der Waals surface area contributed by atoms with Gasteiger partial charge in [0, 0.05) is 11.7 Å². The molecule has 0 bridgehead atoms. The first kappa shape index (κ1) is 25.0. The van der Waals surface area contributed by atoms with Crippen molar-refractivity contribution in [2.45, 2.75) is 45.0 Å². The number of carbonyl (C=O) groups excluding carboxylic acids is 2. The molecule has 0 amide bonds. The molecule has 0 fully saturated rings. The van der Waals surface area contributed by atoms with E-state index in [2.05, 4.69) is 0 Å². The van der Waals surface area contributed by atoms with E-state index in [-0.39, 0.29) is 30.0 Å². The first-order valence-electron chi connectivity index (χ1n) is 10.1. The fraction of sp³-hybridized carbons (Fsp3) is 0.478. The van der Waals surface area contributed by atoms with Gasteiger partial charge in [-0.15, -0.1) is 11.8 Å². The Morgan fingerprint density at radius 1 is 1.13 bits per heavy atom. The highest BCUT2D eigenvalue weighted by atomic mass is 32.2. The highest BCUT2D eigenvalue weighted by Crippen LogP contribution is 2.32. The summed E-state index contributed by atoms with van der Waals surface area (Å²) in [6.45, 7) is 5.80. The molecule has 2 unspecified atom stereocenters. The van der Waals surface area contributed by atoms with Crippen LogP contribution in [0.2, 0.25) is 0 Å². The zero-order valence-electron chi connectivity index (χ0n) is 17.8. The number of esters is 1. The van der Waals surface area contributed by atoms with Gasteiger partial charge in [0.25, 0.3) is 0 Å². The van der Waals surface area contributed by atoms with E-state index in [1.807, 2.05) is 26.0 Å². The number of hydrogen-bond donors (Lipinski definition) is 0. The molecule has 0 heterocycles. The predicted octanol–water partition coefficient (Wildman–Crippen LogP) is 5.37. The number of benzene rings is 1. The topological polar surface area (TPSA) is 52.6 Å². The second kappa shape index (κ2) is 11.4. The predicted molar refractivity (Wildman–Crippen MR) is 115 cm³/mol. The maximum absolute atomic E-state index is 12.6. The van der Waals surface area contributed by atoms with Gasteiger partial charge < -0.3 is 9.47 Å². The van der Waals surface area contributed by atoms with Gasteiger partial charge in [-0.3, -0.25) is 4.79 Å². The highest BCUT2D eigenvalue weighted by molar-refractivity contribution is 8.00. The Hall–Kier alpha value is -2.22. The lowest BCUT2D eigenvalue weighted by atomic mass is 9.97. The summed E-state index contributed by atoms with van der Waals surface area (Å²) in [5.41, 5.74) is 0.918. The van der Waals surface area contributed by atoms with Gasteiger partial charge in [-0.25, -0.2) is 4.79 Å². The van der Waals surface area contributed by atoms with Crippen LogP contribution in [0, 0.1) is 5.92 Å². The molecule has 1 aromatic rings. The van der Waals surface area contributed by atoms with Crippen molar-refractivity contribution in [3.63, 3.8) is 0 Å². The van der Waals surface area contributed by atoms with Crippen LogP contribution in [0.25, 0.3) is 0 Å². The molecule has 170 valence electrons. The van der Waals surface area contributed by atoms with Crippen LogP contribution in [-0.2, 0) is 31.7 Å². The molecule has 8 heteroatoms. The normalized spacial score (nSPS) is 18.8. The smallest absolute Gasteiger partial charge is 0.416 e. The lowest BCUT2D eigenvalue weighted by molar-refractivity contribution is -0.147. The van der Waals surface area contributed by atoms with E-state index in [0.717, 1.165) is 17.7 Å². The van der Waals surface area contributed by atoms with Gasteiger partial charge in [-0.1, -0.05) is 25.1 Å². The second-order valence-corrected chi connectivity index (χ2v) is 8.51. The molecule has 0 saturated carbocycles. The van der Waals surface area contributed by atoms with Crippen molar-refractivity contribution in [3.05, 3.63) is 58.9 Å². The molecular weight excluding hydrogens is 429 g/mol. The lowest BCUT2D eigenvalue weighted by Gasteiger charge is -2.25. The molecular formula is C23H27F3O4S. The van der Waals surface area contributed by atoms with Crippen molar-refractivity contribution in [1.29, 1.82) is 0 Å². The van der Waals surface area contributed by atoms with Crippen molar-refractivity contribution in [2.75, 3.05) is 19.0 Å². The summed E-state index contributed by atoms with van der Waals surface area (Å²) in [5, 5.41) is 0.102. The molecule has 0 radical (unpaired) electrons. The van der Waals surface area contributed by atoms with Gasteiger partial charge >= 0.3 is 12.1 Å². The Morgan fingerprint density at radius 3 is 2.42 bits per heavy atom. The summed E-state index contributed by atoms with van der Waals surface area (Å²) in [6.07, 6.45) is 0.313. The van der Waals surface area contributed by atoms with Crippen molar-refractivity contribution in [3.8, 4) is 0 Å². The molecule has 0 aliphatic heterocycles. The minimum Gasteiger partial charge on any atom is -0.482 e. The minimum atomic E-state index is -4.36. The quantitative estimate of drug-likeness (QED) is 0.443. The van der Waals surface area contributed by atoms with E-state index < -0.39 is 17.7 Å². The number of halogens is 3. The summed E-state index contributed by atoms with van der Waals surface area (Å²) >= 11 is 1.53. The van der Waals surface area contributed by atoms with Gasteiger partial charge in [0.2, 0.25) is 0 Å². The van der Waals surface area contributed by atoms with E-state index in [0.29, 0.717) is 30.1 Å². The molecule has 31 heavy (non-hydrogen) atoms. The number of rotatable bonds is 10. The van der Waals surface area contributed by atoms with Crippen molar-refractivity contribution < 1.29 is 32.2 Å². The van der Waals surface area contributed by atoms with Crippen LogP contribution in [0.3, 0.4) is 0 Å². The molecule has 1 aliphatic carbocycles. The third kappa shape index (κ3) is 8.09. The lowest BCUT2D eigenvalue weighted by Crippen LogP contribution is -2.20. The number of hydrogen-bond acceptors (Lipinski definition) is 5. The molecule has 2 atom stereocenters. The second-order valence-electron chi connectivity index (χ2n) is 7.34. The zero-order valence-corrected chi connectivity index (χ0v) is 18.6. The van der Waals surface area contributed by atoms with Crippen LogP contribution in [0.4, 0.5) is 13.2 Å². The zero-order chi connectivity index (χ0) is 23.0. The number of aryl methyl sites for hydroxylation is 1. The maximum Gasteiger partial charge on any atom is 0.416 e. The molecule has 4 nitrogen and oxygen atoms in total. The van der Waals surface area contributed by atoms with Crippen LogP contribution >= 0.6 is 11.8 Å². The summed E-state index contributed by atoms with van der Waals surface area (Å²) < 4.78 is 48.2. The number of ketones is 1. The number of alkyl halides is 3. The summed E-state index contributed by atoms with van der Waals surface area (Å²) in [6, 6.07) is 4.92. The van der Waals surface area contributed by atoms with E-state index >= 15 is 0 Å². The van der Waals surface area contributed by atoms with E-state index in [9.17, 15) is 22.8 Å². The fourth-order valence-electron chi connectivity index (χ4n) is 3.05. The van der Waals surface area contributed by atoms with Crippen LogP contribution < -0.4 is 0 Å². The Morgan fingerprint density at radius 2 is 1.81 bits per heavy atom. The Bertz CT molecular complexity index is 828. The van der Waals surface area contributed by atoms with E-state index in [4.69, 9.17) is 9.47 Å². The average Bonchev–Trinajstić information content (AvgIpc) is 2.71. The molecule has 0 aromatic heterocycles. The number of ether oxygens (including phenoxy) is 2. The summed E-state index contributed by atoms with van der Waals surface area (Å²) in [4.78, 5) is 23.7. The summed E-state index contributed by atoms with van der Waals surface area (Å²) in [7, 11) is 0. The number of Topliss-reactive ketones (excluding diaryl/α,β-unsaturated/α-hetero) is 1. The molecule has 0 spiro atoms. The third-order valence-corrected chi connectivity index (χ3v) is 6.24. The number of thioether (sulfide) groups is 1. The van der Waals surface area contributed by atoms with Crippen LogP contribution in [0.15, 0.2) is 47.7 Å². The minimum absolute atomic E-state index is 0.0523. The van der Waals surface area contributed by atoms with Gasteiger partial charge in [0.1, 0.15) is 11.5 Å². The first-order valence-corrected chi connectivity index (χ1v) is 11.1. The monoisotopic (exact) mass is 456 g/mol. The standard InChI is InChI=1S/C23H27F3O4S/c1-4-29-22(28)13-30-20-11-16(3)21(12-15(20)2)31-14-19(27)10-7-17-5-8-18(9-6-17)23(24,25)26/h5-6,8-9,11-12,16,21H,4,7,10,13-14H2,1-3H3. The number of allylic oxidation sites excluding steroid dienone is 2. The molecule has 0 N–H and O–H groups in total. The molecule has 0 saturated heterocycles. The van der Waals surface area contributed by atoms with Gasteiger partial charge in [-0.05, 0) is 55.5 Å². The maximum atomic E-state index is 12.6. The first-order chi connectivity index (χ1) is 14.6. The largest absolute Gasteiger partial charge is 0.482 e. The molecule has 2 rings (SSSR count). The van der Waals surface area contributed by atoms with E-state index in [1.54, 1.807) is 6.92 Å². The van der Waals surface area contributed by atoms with Crippen molar-refractivity contribution in [1.82, 2.24) is 0 Å². The van der Waals surface area contributed by atoms with Crippen molar-refractivity contribution >= 4 is 23.5 Å². The van der Waals surface area contributed by atoms with Crippen LogP contribution in [0.5, 0.6) is 0 Å².